The van der Waals surface area contributed by atoms with Gasteiger partial charge >= 0.3 is 0 Å². The molecule has 3 rings (SSSR count). The van der Waals surface area contributed by atoms with Crippen molar-refractivity contribution in [1.82, 2.24) is 9.80 Å². The van der Waals surface area contributed by atoms with Gasteiger partial charge in [0.05, 0.1) is 7.11 Å². The van der Waals surface area contributed by atoms with E-state index in [2.05, 4.69) is 54.0 Å². The maximum absolute atomic E-state index is 13.0. The predicted molar refractivity (Wildman–Crippen MR) is 132 cm³/mol. The number of hydrogen-bond donors (Lipinski definition) is 0. The van der Waals surface area contributed by atoms with Gasteiger partial charge in [-0.05, 0) is 47.2 Å². The molecule has 1 fully saturated rings. The maximum Gasteiger partial charge on any atom is 0.225 e. The zero-order chi connectivity index (χ0) is 23.3. The molecule has 0 saturated carbocycles. The van der Waals surface area contributed by atoms with Crippen LogP contribution in [0.4, 0.5) is 0 Å². The summed E-state index contributed by atoms with van der Waals surface area (Å²) in [5, 5.41) is 0.763. The number of nitrogens with zero attached hydrogens (tertiary/aromatic N) is 2. The summed E-state index contributed by atoms with van der Waals surface area (Å²) in [6.07, 6.45) is 0. The molecule has 1 aliphatic heterocycles. The van der Waals surface area contributed by atoms with E-state index < -0.39 is 0 Å². The molecule has 1 saturated heterocycles. The molecule has 1 aliphatic rings. The van der Waals surface area contributed by atoms with Crippen molar-refractivity contribution in [2.75, 3.05) is 33.3 Å². The minimum atomic E-state index is 0.00981. The smallest absolute Gasteiger partial charge is 0.225 e. The third kappa shape index (κ3) is 6.49. The van der Waals surface area contributed by atoms with Gasteiger partial charge in [-0.25, -0.2) is 0 Å². The van der Waals surface area contributed by atoms with Gasteiger partial charge in [-0.2, -0.15) is 0 Å². The van der Waals surface area contributed by atoms with Crippen LogP contribution in [-0.2, 0) is 11.3 Å². The first kappa shape index (κ1) is 24.6. The van der Waals surface area contributed by atoms with Gasteiger partial charge in [-0.15, -0.1) is 0 Å². The highest BCUT2D eigenvalue weighted by Crippen LogP contribution is 2.36. The first-order valence-corrected chi connectivity index (χ1v) is 12.0. The lowest BCUT2D eigenvalue weighted by atomic mass is 9.88. The lowest BCUT2D eigenvalue weighted by Gasteiger charge is -2.31. The Bertz CT molecular complexity index is 881. The molecule has 0 aliphatic carbocycles. The topological polar surface area (TPSA) is 32.8 Å². The monoisotopic (exact) mass is 456 g/mol. The van der Waals surface area contributed by atoms with Crippen molar-refractivity contribution in [2.24, 2.45) is 17.8 Å². The number of carbonyl (C=O) groups is 1. The number of methoxy groups -OCH3 is 1. The molecular formula is C27H37ClN2O2. The Labute approximate surface area is 198 Å². The van der Waals surface area contributed by atoms with Crippen LogP contribution >= 0.6 is 11.6 Å². The fraction of sp³-hybridized carbons (Fsp3) is 0.519. The van der Waals surface area contributed by atoms with Crippen molar-refractivity contribution < 1.29 is 9.53 Å². The Hall–Kier alpha value is -2.04. The van der Waals surface area contributed by atoms with Crippen LogP contribution in [0.1, 0.15) is 44.7 Å². The number of ether oxygens (including phenoxy) is 1. The number of benzene rings is 2. The molecule has 0 aromatic heterocycles. The van der Waals surface area contributed by atoms with E-state index in [4.69, 9.17) is 16.3 Å². The normalized spacial score (nSPS) is 19.0. The van der Waals surface area contributed by atoms with Crippen LogP contribution in [0.2, 0.25) is 5.02 Å². The minimum Gasteiger partial charge on any atom is -0.497 e. The van der Waals surface area contributed by atoms with E-state index in [9.17, 15) is 4.79 Å². The van der Waals surface area contributed by atoms with Crippen molar-refractivity contribution in [2.45, 2.75) is 40.2 Å². The van der Waals surface area contributed by atoms with Gasteiger partial charge in [0.2, 0.25) is 5.91 Å². The third-order valence-corrected chi connectivity index (χ3v) is 6.46. The van der Waals surface area contributed by atoms with Crippen LogP contribution in [0.15, 0.2) is 48.5 Å². The van der Waals surface area contributed by atoms with Crippen molar-refractivity contribution in [3.63, 3.8) is 0 Å². The fourth-order valence-electron chi connectivity index (χ4n) is 4.72. The first-order valence-electron chi connectivity index (χ1n) is 11.7. The number of likely N-dealkylation sites (tertiary alicyclic amines) is 1. The Morgan fingerprint density at radius 1 is 1.12 bits per heavy atom. The van der Waals surface area contributed by atoms with Gasteiger partial charge in [0, 0.05) is 49.6 Å². The van der Waals surface area contributed by atoms with Crippen LogP contribution in [0.3, 0.4) is 0 Å². The van der Waals surface area contributed by atoms with Crippen LogP contribution in [0, 0.1) is 17.8 Å². The van der Waals surface area contributed by atoms with Gasteiger partial charge in [0.1, 0.15) is 5.75 Å². The van der Waals surface area contributed by atoms with Crippen molar-refractivity contribution in [1.29, 1.82) is 0 Å². The highest BCUT2D eigenvalue weighted by Gasteiger charge is 2.36. The van der Waals surface area contributed by atoms with E-state index in [-0.39, 0.29) is 11.8 Å². The van der Waals surface area contributed by atoms with E-state index in [1.54, 1.807) is 7.11 Å². The van der Waals surface area contributed by atoms with E-state index in [0.717, 1.165) is 43.5 Å². The summed E-state index contributed by atoms with van der Waals surface area (Å²) in [5.41, 5.74) is 2.55. The molecule has 0 radical (unpaired) electrons. The van der Waals surface area contributed by atoms with Crippen LogP contribution in [0.5, 0.6) is 5.75 Å². The molecule has 5 heteroatoms. The Morgan fingerprint density at radius 2 is 1.84 bits per heavy atom. The van der Waals surface area contributed by atoms with Crippen LogP contribution < -0.4 is 4.74 Å². The van der Waals surface area contributed by atoms with Gasteiger partial charge in [0.25, 0.3) is 0 Å². The molecule has 32 heavy (non-hydrogen) atoms. The standard InChI is InChI=1S/C27H37ClN2O2/c1-19(2)14-30(27(31)20(3)4)17-23-16-29(15-21-9-11-24(28)12-10-21)18-26(23)22-7-6-8-25(13-22)32-5/h6-13,19-20,23,26H,14-18H2,1-5H3/t23-,26-/m0/s1. The zero-order valence-corrected chi connectivity index (χ0v) is 20.8. The zero-order valence-electron chi connectivity index (χ0n) is 20.1. The van der Waals surface area contributed by atoms with Crippen molar-refractivity contribution in [3.05, 3.63) is 64.7 Å². The lowest BCUT2D eigenvalue weighted by molar-refractivity contribution is -0.135. The molecule has 0 bridgehead atoms. The molecular weight excluding hydrogens is 420 g/mol. The number of halogens is 1. The van der Waals surface area contributed by atoms with Crippen LogP contribution in [-0.4, -0.2) is 49.0 Å². The highest BCUT2D eigenvalue weighted by molar-refractivity contribution is 6.30. The van der Waals surface area contributed by atoms with E-state index in [0.29, 0.717) is 17.8 Å². The summed E-state index contributed by atoms with van der Waals surface area (Å²) in [7, 11) is 1.71. The highest BCUT2D eigenvalue weighted by atomic mass is 35.5. The van der Waals surface area contributed by atoms with E-state index in [1.807, 2.05) is 32.0 Å². The summed E-state index contributed by atoms with van der Waals surface area (Å²) >= 11 is 6.07. The lowest BCUT2D eigenvalue weighted by Crippen LogP contribution is -2.41. The Kier molecular flexibility index (Phi) is 8.61. The summed E-state index contributed by atoms with van der Waals surface area (Å²) in [4.78, 5) is 17.6. The summed E-state index contributed by atoms with van der Waals surface area (Å²) < 4.78 is 5.50. The Morgan fingerprint density at radius 3 is 2.47 bits per heavy atom. The van der Waals surface area contributed by atoms with Gasteiger partial charge in [-0.3, -0.25) is 9.69 Å². The van der Waals surface area contributed by atoms with Crippen molar-refractivity contribution >= 4 is 17.5 Å². The molecule has 0 N–H and O–H groups in total. The largest absolute Gasteiger partial charge is 0.497 e. The third-order valence-electron chi connectivity index (χ3n) is 6.20. The number of amides is 1. The van der Waals surface area contributed by atoms with Gasteiger partial charge in [0.15, 0.2) is 0 Å². The summed E-state index contributed by atoms with van der Waals surface area (Å²) in [6.45, 7) is 12.8. The van der Waals surface area contributed by atoms with Gasteiger partial charge < -0.3 is 9.64 Å². The number of hydrogen-bond acceptors (Lipinski definition) is 3. The molecule has 1 amide bonds. The van der Waals surface area contributed by atoms with Crippen molar-refractivity contribution in [3.8, 4) is 5.75 Å². The molecule has 2 aromatic rings. The average Bonchev–Trinajstić information content (AvgIpc) is 3.16. The SMILES string of the molecule is COc1cccc([C@@H]2CN(Cc3ccc(Cl)cc3)C[C@H]2CN(CC(C)C)C(=O)C(C)C)c1. The minimum absolute atomic E-state index is 0.00981. The molecule has 174 valence electrons. The molecule has 2 aromatic carbocycles. The second-order valence-corrected chi connectivity index (χ2v) is 10.2. The number of carbonyl (C=O) groups excluding carboxylic acids is 1. The molecule has 4 nitrogen and oxygen atoms in total. The molecule has 2 atom stereocenters. The second kappa shape index (κ2) is 11.2. The van der Waals surface area contributed by atoms with E-state index >= 15 is 0 Å². The predicted octanol–water partition coefficient (Wildman–Crippen LogP) is 5.70. The Balaban J connectivity index is 1.84. The summed E-state index contributed by atoms with van der Waals surface area (Å²) in [5.74, 6) is 2.31. The molecule has 0 unspecified atom stereocenters. The fourth-order valence-corrected chi connectivity index (χ4v) is 4.84. The second-order valence-electron chi connectivity index (χ2n) is 9.76. The van der Waals surface area contributed by atoms with Crippen LogP contribution in [0.25, 0.3) is 0 Å². The molecule has 1 heterocycles. The summed E-state index contributed by atoms with van der Waals surface area (Å²) in [6, 6.07) is 16.5. The maximum atomic E-state index is 13.0. The van der Waals surface area contributed by atoms with E-state index in [1.165, 1.54) is 11.1 Å². The quantitative estimate of drug-likeness (QED) is 0.484. The number of rotatable bonds is 9. The first-order chi connectivity index (χ1) is 15.3. The molecule has 0 spiro atoms. The average molecular weight is 457 g/mol. The van der Waals surface area contributed by atoms with Gasteiger partial charge in [-0.1, -0.05) is 63.6 Å².